The summed E-state index contributed by atoms with van der Waals surface area (Å²) in [6.07, 6.45) is 3.92. The summed E-state index contributed by atoms with van der Waals surface area (Å²) in [6, 6.07) is 19.2. The molecule has 1 aliphatic rings. The smallest absolute Gasteiger partial charge is 0 e. The van der Waals surface area contributed by atoms with Crippen LogP contribution in [0.4, 0.5) is 0 Å². The molecular formula is C24H36Hf-8. The molecule has 0 aliphatic heterocycles. The number of hydrogen-bond donors (Lipinski definition) is 0. The van der Waals surface area contributed by atoms with E-state index in [0.29, 0.717) is 0 Å². The molecule has 0 nitrogen and oxygen atoms in total. The average Bonchev–Trinajstić information content (AvgIpc) is 3.09. The van der Waals surface area contributed by atoms with Crippen LogP contribution in [0.25, 0.3) is 10.8 Å². The number of aryl methyl sites for hydroxylation is 3. The molecule has 3 aromatic carbocycles. The van der Waals surface area contributed by atoms with Gasteiger partial charge in [0.15, 0.2) is 0 Å². The van der Waals surface area contributed by atoms with Gasteiger partial charge in [-0.3, -0.25) is 0 Å². The number of benzene rings is 1. The third kappa shape index (κ3) is 8.31. The fraction of sp³-hybridized carbons (Fsp3) is 0.167. The van der Waals surface area contributed by atoms with Crippen LogP contribution in [-0.2, 0) is 38.7 Å². The Morgan fingerprint density at radius 2 is 1.36 bits per heavy atom. The first kappa shape index (κ1) is 35.2. The van der Waals surface area contributed by atoms with Gasteiger partial charge in [0.05, 0.1) is 0 Å². The van der Waals surface area contributed by atoms with Gasteiger partial charge in [0.2, 0.25) is 0 Å². The van der Waals surface area contributed by atoms with Gasteiger partial charge in [-0.1, -0.05) is 18.1 Å². The summed E-state index contributed by atoms with van der Waals surface area (Å²) in [7, 11) is 0. The number of fused-ring (bicyclic) bond motifs is 2. The monoisotopic (exact) mass is 504 g/mol. The summed E-state index contributed by atoms with van der Waals surface area (Å²) in [5.74, 6) is 0. The van der Waals surface area contributed by atoms with Crippen LogP contribution >= 0.6 is 0 Å². The van der Waals surface area contributed by atoms with E-state index >= 15 is 0 Å². The van der Waals surface area contributed by atoms with Crippen LogP contribution in [0.5, 0.6) is 0 Å². The van der Waals surface area contributed by atoms with Crippen molar-refractivity contribution in [1.29, 1.82) is 0 Å². The maximum Gasteiger partial charge on any atom is 0 e. The first-order valence-corrected chi connectivity index (χ1v) is 6.69. The Balaban J connectivity index is -0.0000001000. The van der Waals surface area contributed by atoms with Crippen LogP contribution in [-0.4, -0.2) is 0 Å². The largest absolute Gasteiger partial charge is 0.358 e. The Morgan fingerprint density at radius 3 is 1.84 bits per heavy atom. The number of rotatable bonds is 0. The minimum atomic E-state index is 0. The molecule has 0 heterocycles. The zero-order valence-electron chi connectivity index (χ0n) is 17.3. The predicted octanol–water partition coefficient (Wildman–Crippen LogP) is 7.46. The van der Waals surface area contributed by atoms with Gasteiger partial charge >= 0.3 is 0 Å². The molecule has 0 atom stereocenters. The molecule has 1 heteroatoms. The summed E-state index contributed by atoms with van der Waals surface area (Å²) in [6.45, 7) is 2.20. The summed E-state index contributed by atoms with van der Waals surface area (Å²) in [5, 5.41) is 2.89. The fourth-order valence-corrected chi connectivity index (χ4v) is 2.75. The van der Waals surface area contributed by atoms with Gasteiger partial charge in [-0.15, -0.1) is 28.5 Å². The fourth-order valence-electron chi connectivity index (χ4n) is 2.75. The molecule has 0 amide bonds. The molecule has 0 N–H and O–H groups in total. The minimum Gasteiger partial charge on any atom is -0.358 e. The molecule has 0 fully saturated rings. The Kier molecular flexibility index (Phi) is 23.3. The minimum absolute atomic E-state index is 0. The molecule has 0 saturated carbocycles. The van der Waals surface area contributed by atoms with E-state index in [-0.39, 0.29) is 70.4 Å². The zero-order chi connectivity index (χ0) is 12.4. The SMILES string of the molecule is C[c-]1ccc2cc3c(cc21)CCC3.[CH3-].[CH3-].[CH3-].[CH3-].[CH3-].[CH3-].[Hf].c1cc[cH-]c1. The first-order valence-electron chi connectivity index (χ1n) is 6.69. The van der Waals surface area contributed by atoms with Crippen LogP contribution in [0.1, 0.15) is 23.1 Å². The van der Waals surface area contributed by atoms with E-state index in [1.165, 1.54) is 35.6 Å². The molecule has 0 bridgehead atoms. The van der Waals surface area contributed by atoms with Crippen LogP contribution < -0.4 is 0 Å². The van der Waals surface area contributed by atoms with Crippen LogP contribution in [0.2, 0.25) is 0 Å². The maximum absolute atomic E-state index is 2.40. The maximum atomic E-state index is 2.40. The molecule has 0 spiro atoms. The van der Waals surface area contributed by atoms with Gasteiger partial charge in [0, 0.05) is 25.8 Å². The van der Waals surface area contributed by atoms with Crippen LogP contribution in [0.15, 0.2) is 54.6 Å². The topological polar surface area (TPSA) is 0 Å². The Hall–Kier alpha value is -0.950. The zero-order valence-corrected chi connectivity index (χ0v) is 20.9. The quantitative estimate of drug-likeness (QED) is 0.221. The van der Waals surface area contributed by atoms with Gasteiger partial charge in [-0.05, 0) is 19.3 Å². The summed E-state index contributed by atoms with van der Waals surface area (Å²) < 4.78 is 0. The van der Waals surface area contributed by atoms with Crippen molar-refractivity contribution in [2.45, 2.75) is 26.2 Å². The molecule has 3 aromatic rings. The second kappa shape index (κ2) is 16.5. The van der Waals surface area contributed by atoms with E-state index in [9.17, 15) is 0 Å². The van der Waals surface area contributed by atoms with Gasteiger partial charge in [-0.25, -0.2) is 12.1 Å². The molecule has 144 valence electrons. The van der Waals surface area contributed by atoms with Crippen molar-refractivity contribution < 1.29 is 25.8 Å². The van der Waals surface area contributed by atoms with Crippen LogP contribution in [0, 0.1) is 51.5 Å². The van der Waals surface area contributed by atoms with Gasteiger partial charge in [0.1, 0.15) is 0 Å². The van der Waals surface area contributed by atoms with Gasteiger partial charge < -0.3 is 44.6 Å². The van der Waals surface area contributed by atoms with E-state index in [1.54, 1.807) is 11.1 Å². The van der Waals surface area contributed by atoms with E-state index in [1.807, 2.05) is 30.3 Å². The third-order valence-electron chi connectivity index (χ3n) is 3.76. The van der Waals surface area contributed by atoms with Crippen molar-refractivity contribution >= 4 is 10.8 Å². The summed E-state index contributed by atoms with van der Waals surface area (Å²) >= 11 is 0. The first-order chi connectivity index (χ1) is 8.84. The average molecular weight is 503 g/mol. The molecule has 4 rings (SSSR count). The molecule has 0 aromatic heterocycles. The molecule has 25 heavy (non-hydrogen) atoms. The Bertz CT molecular complexity index is 612. The van der Waals surface area contributed by atoms with Crippen molar-refractivity contribution in [3.8, 4) is 0 Å². The predicted molar refractivity (Wildman–Crippen MR) is 117 cm³/mol. The van der Waals surface area contributed by atoms with Crippen molar-refractivity contribution in [2.24, 2.45) is 0 Å². The summed E-state index contributed by atoms with van der Waals surface area (Å²) in [4.78, 5) is 0. The molecule has 0 saturated heterocycles. The van der Waals surface area contributed by atoms with Gasteiger partial charge in [0.25, 0.3) is 0 Å². The van der Waals surface area contributed by atoms with E-state index in [2.05, 4.69) is 31.2 Å². The second-order valence-electron chi connectivity index (χ2n) is 5.04. The Labute approximate surface area is 178 Å². The standard InChI is InChI=1S/C13H13.C5H5.6CH3.Hf/c1-9-5-6-12-7-10-3-2-4-11(10)8-13(9)12;1-2-4-5-3-1;;;;;;;/h5-8H,2-4H2,1H3;1-5H;6*1H3;/q8*-1;. The molecular weight excluding hydrogens is 467 g/mol. The van der Waals surface area contributed by atoms with E-state index in [4.69, 9.17) is 0 Å². The third-order valence-corrected chi connectivity index (χ3v) is 3.76. The van der Waals surface area contributed by atoms with Gasteiger partial charge in [-0.2, -0.15) is 30.3 Å². The van der Waals surface area contributed by atoms with E-state index < -0.39 is 0 Å². The number of hydrogen-bond acceptors (Lipinski definition) is 0. The molecule has 1 aliphatic carbocycles. The van der Waals surface area contributed by atoms with Crippen LogP contribution in [0.3, 0.4) is 0 Å². The van der Waals surface area contributed by atoms with Crippen molar-refractivity contribution in [3.63, 3.8) is 0 Å². The second-order valence-corrected chi connectivity index (χ2v) is 5.04. The van der Waals surface area contributed by atoms with Crippen molar-refractivity contribution in [2.75, 3.05) is 0 Å². The molecule has 0 unspecified atom stereocenters. The van der Waals surface area contributed by atoms with Crippen molar-refractivity contribution in [3.05, 3.63) is 116 Å². The normalized spacial score (nSPS) is 9.48. The molecule has 0 radical (unpaired) electrons. The van der Waals surface area contributed by atoms with Crippen molar-refractivity contribution in [1.82, 2.24) is 0 Å². The van der Waals surface area contributed by atoms with E-state index in [0.717, 1.165) is 0 Å². The summed E-state index contributed by atoms with van der Waals surface area (Å²) in [5.41, 5.74) is 4.59. The Morgan fingerprint density at radius 1 is 0.840 bits per heavy atom.